The Hall–Kier alpha value is -0.380. The summed E-state index contributed by atoms with van der Waals surface area (Å²) in [4.78, 5) is 2.56. The molecule has 0 aliphatic heterocycles. The van der Waals surface area contributed by atoms with Crippen LogP contribution in [0.2, 0.25) is 0 Å². The van der Waals surface area contributed by atoms with Crippen molar-refractivity contribution in [3.63, 3.8) is 0 Å². The van der Waals surface area contributed by atoms with E-state index in [9.17, 15) is 0 Å². The third kappa shape index (κ3) is 2.30. The van der Waals surface area contributed by atoms with Crippen LogP contribution in [0.25, 0.3) is 0 Å². The number of nitrogens with two attached hydrogens (primary N) is 1. The molecule has 1 aromatic heterocycles. The maximum atomic E-state index is 5.53. The molecular formula is C9H15NOS. The molecule has 1 heterocycles. The third-order valence-electron chi connectivity index (χ3n) is 1.73. The molecule has 0 amide bonds. The van der Waals surface area contributed by atoms with Gasteiger partial charge in [-0.15, -0.1) is 11.3 Å². The fraction of sp³-hybridized carbons (Fsp3) is 0.556. The van der Waals surface area contributed by atoms with Gasteiger partial charge in [0.25, 0.3) is 0 Å². The molecule has 0 aliphatic carbocycles. The molecule has 0 radical (unpaired) electrons. The summed E-state index contributed by atoms with van der Waals surface area (Å²) >= 11 is 1.76. The quantitative estimate of drug-likeness (QED) is 0.779. The van der Waals surface area contributed by atoms with Gasteiger partial charge in [0, 0.05) is 22.9 Å². The normalized spacial score (nSPS) is 10.6. The van der Waals surface area contributed by atoms with E-state index in [1.54, 1.807) is 11.3 Å². The van der Waals surface area contributed by atoms with Crippen molar-refractivity contribution in [1.82, 2.24) is 0 Å². The van der Waals surface area contributed by atoms with Crippen molar-refractivity contribution in [3.8, 4) is 0 Å². The van der Waals surface area contributed by atoms with Gasteiger partial charge in [-0.05, 0) is 25.5 Å². The Bertz CT molecular complexity index is 245. The van der Waals surface area contributed by atoms with Crippen LogP contribution in [-0.2, 0) is 17.9 Å². The van der Waals surface area contributed by atoms with Crippen LogP contribution in [0.1, 0.15) is 22.2 Å². The molecule has 0 unspecified atom stereocenters. The first-order valence-corrected chi connectivity index (χ1v) is 4.95. The SMILES string of the molecule is CCOCc1cc(CN)sc1C. The summed E-state index contributed by atoms with van der Waals surface area (Å²) in [5.41, 5.74) is 6.81. The second-order valence-corrected chi connectivity index (χ2v) is 3.98. The predicted molar refractivity (Wildman–Crippen MR) is 52.3 cm³/mol. The first-order valence-electron chi connectivity index (χ1n) is 4.14. The van der Waals surface area contributed by atoms with E-state index in [1.165, 1.54) is 15.3 Å². The highest BCUT2D eigenvalue weighted by Crippen LogP contribution is 2.21. The minimum atomic E-state index is 0.637. The van der Waals surface area contributed by atoms with Gasteiger partial charge in [0.15, 0.2) is 0 Å². The Labute approximate surface area is 77.3 Å². The van der Waals surface area contributed by atoms with Crippen LogP contribution < -0.4 is 5.73 Å². The zero-order valence-electron chi connectivity index (χ0n) is 7.59. The van der Waals surface area contributed by atoms with E-state index in [2.05, 4.69) is 13.0 Å². The van der Waals surface area contributed by atoms with Crippen LogP contribution in [0.3, 0.4) is 0 Å². The van der Waals surface area contributed by atoms with Crippen molar-refractivity contribution in [2.75, 3.05) is 6.61 Å². The third-order valence-corrected chi connectivity index (χ3v) is 2.85. The summed E-state index contributed by atoms with van der Waals surface area (Å²) in [7, 11) is 0. The van der Waals surface area contributed by atoms with E-state index in [-0.39, 0.29) is 0 Å². The standard InChI is InChI=1S/C9H15NOS/c1-3-11-6-8-4-9(5-10)12-7(8)2/h4H,3,5-6,10H2,1-2H3. The fourth-order valence-corrected chi connectivity index (χ4v) is 1.97. The van der Waals surface area contributed by atoms with Crippen LogP contribution in [0.4, 0.5) is 0 Å². The molecule has 1 rings (SSSR count). The first kappa shape index (κ1) is 9.71. The molecular weight excluding hydrogens is 170 g/mol. The van der Waals surface area contributed by atoms with E-state index < -0.39 is 0 Å². The predicted octanol–water partition coefficient (Wildman–Crippen LogP) is 2.05. The fourth-order valence-electron chi connectivity index (χ4n) is 1.04. The van der Waals surface area contributed by atoms with Gasteiger partial charge in [-0.1, -0.05) is 0 Å². The second-order valence-electron chi connectivity index (χ2n) is 2.64. The highest BCUT2D eigenvalue weighted by atomic mass is 32.1. The number of hydrogen-bond acceptors (Lipinski definition) is 3. The van der Waals surface area contributed by atoms with E-state index >= 15 is 0 Å². The van der Waals surface area contributed by atoms with Crippen LogP contribution in [-0.4, -0.2) is 6.61 Å². The van der Waals surface area contributed by atoms with Crippen LogP contribution in [0.15, 0.2) is 6.07 Å². The van der Waals surface area contributed by atoms with Crippen molar-refractivity contribution < 1.29 is 4.74 Å². The highest BCUT2D eigenvalue weighted by Gasteiger charge is 2.03. The van der Waals surface area contributed by atoms with Gasteiger partial charge >= 0.3 is 0 Å². The van der Waals surface area contributed by atoms with Gasteiger partial charge in [-0.25, -0.2) is 0 Å². The summed E-state index contributed by atoms with van der Waals surface area (Å²) in [5, 5.41) is 0. The van der Waals surface area contributed by atoms with Crippen molar-refractivity contribution in [3.05, 3.63) is 21.4 Å². The van der Waals surface area contributed by atoms with Crippen molar-refractivity contribution in [2.45, 2.75) is 27.0 Å². The first-order chi connectivity index (χ1) is 5.77. The number of rotatable bonds is 4. The van der Waals surface area contributed by atoms with Gasteiger partial charge in [0.1, 0.15) is 0 Å². The maximum absolute atomic E-state index is 5.53. The van der Waals surface area contributed by atoms with Crippen LogP contribution in [0, 0.1) is 6.92 Å². The lowest BCUT2D eigenvalue weighted by molar-refractivity contribution is 0.134. The van der Waals surface area contributed by atoms with Gasteiger partial charge in [0.05, 0.1) is 6.61 Å². The molecule has 1 aromatic rings. The average Bonchev–Trinajstić information content (AvgIpc) is 2.43. The molecule has 0 atom stereocenters. The second kappa shape index (κ2) is 4.60. The number of ether oxygens (including phenoxy) is 1. The zero-order valence-corrected chi connectivity index (χ0v) is 8.41. The van der Waals surface area contributed by atoms with Crippen molar-refractivity contribution in [1.29, 1.82) is 0 Å². The lowest BCUT2D eigenvalue weighted by Crippen LogP contribution is -1.93. The highest BCUT2D eigenvalue weighted by molar-refractivity contribution is 7.12. The van der Waals surface area contributed by atoms with E-state index in [4.69, 9.17) is 10.5 Å². The molecule has 0 aromatic carbocycles. The lowest BCUT2D eigenvalue weighted by Gasteiger charge is -1.98. The van der Waals surface area contributed by atoms with E-state index in [1.807, 2.05) is 6.92 Å². The van der Waals surface area contributed by atoms with Gasteiger partial charge in [-0.3, -0.25) is 0 Å². The minimum Gasteiger partial charge on any atom is -0.377 e. The van der Waals surface area contributed by atoms with Crippen molar-refractivity contribution >= 4 is 11.3 Å². The number of thiophene rings is 1. The Morgan fingerprint density at radius 1 is 1.58 bits per heavy atom. The molecule has 0 bridgehead atoms. The van der Waals surface area contributed by atoms with Gasteiger partial charge in [-0.2, -0.15) is 0 Å². The zero-order chi connectivity index (χ0) is 8.97. The maximum Gasteiger partial charge on any atom is 0.0727 e. The molecule has 12 heavy (non-hydrogen) atoms. The van der Waals surface area contributed by atoms with Gasteiger partial charge in [0.2, 0.25) is 0 Å². The average molecular weight is 185 g/mol. The summed E-state index contributed by atoms with van der Waals surface area (Å²) < 4.78 is 5.32. The molecule has 68 valence electrons. The van der Waals surface area contributed by atoms with Crippen LogP contribution in [0.5, 0.6) is 0 Å². The number of hydrogen-bond donors (Lipinski definition) is 1. The van der Waals surface area contributed by atoms with Crippen molar-refractivity contribution in [2.24, 2.45) is 5.73 Å². The molecule has 2 N–H and O–H groups in total. The molecule has 0 fully saturated rings. The topological polar surface area (TPSA) is 35.2 Å². The molecule has 0 saturated heterocycles. The summed E-state index contributed by atoms with van der Waals surface area (Å²) in [6.45, 7) is 6.24. The Kier molecular flexibility index (Phi) is 3.72. The molecule has 2 nitrogen and oxygen atoms in total. The van der Waals surface area contributed by atoms with E-state index in [0.717, 1.165) is 13.2 Å². The monoisotopic (exact) mass is 185 g/mol. The molecule has 0 aliphatic rings. The number of aryl methyl sites for hydroxylation is 1. The molecule has 0 saturated carbocycles. The smallest absolute Gasteiger partial charge is 0.0727 e. The van der Waals surface area contributed by atoms with E-state index in [0.29, 0.717) is 6.54 Å². The minimum absolute atomic E-state index is 0.637. The summed E-state index contributed by atoms with van der Waals surface area (Å²) in [6.07, 6.45) is 0. The van der Waals surface area contributed by atoms with Gasteiger partial charge < -0.3 is 10.5 Å². The lowest BCUT2D eigenvalue weighted by atomic mass is 10.2. The Balaban J connectivity index is 2.64. The Morgan fingerprint density at radius 2 is 2.33 bits per heavy atom. The largest absolute Gasteiger partial charge is 0.377 e. The summed E-state index contributed by atoms with van der Waals surface area (Å²) in [6, 6.07) is 2.13. The molecule has 3 heteroatoms. The Morgan fingerprint density at radius 3 is 2.83 bits per heavy atom. The molecule has 0 spiro atoms. The summed E-state index contributed by atoms with van der Waals surface area (Å²) in [5.74, 6) is 0. The van der Waals surface area contributed by atoms with Crippen LogP contribution >= 0.6 is 11.3 Å².